The van der Waals surface area contributed by atoms with Crippen LogP contribution in [0, 0.1) is 6.92 Å². The molecule has 1 nitrogen and oxygen atoms in total. The van der Waals surface area contributed by atoms with Gasteiger partial charge in [-0.25, -0.2) is 0 Å². The molecule has 1 aliphatic rings. The summed E-state index contributed by atoms with van der Waals surface area (Å²) in [5.41, 5.74) is 2.68. The van der Waals surface area contributed by atoms with Gasteiger partial charge in [-0.2, -0.15) is 0 Å². The minimum Gasteiger partial charge on any atom is -0.493 e. The minimum absolute atomic E-state index is 0.886. The summed E-state index contributed by atoms with van der Waals surface area (Å²) >= 11 is 0. The quantitative estimate of drug-likeness (QED) is 0.659. The Hall–Kier alpha value is -1.76. The van der Waals surface area contributed by atoms with Gasteiger partial charge in [0.15, 0.2) is 0 Å². The van der Waals surface area contributed by atoms with E-state index in [0.29, 0.717) is 0 Å². The summed E-state index contributed by atoms with van der Waals surface area (Å²) < 4.78 is 5.42. The third kappa shape index (κ3) is 3.63. The molecule has 0 aliphatic carbocycles. The maximum atomic E-state index is 5.42. The molecular formula is C16H18O. The molecule has 0 radical (unpaired) electrons. The lowest BCUT2D eigenvalue weighted by Crippen LogP contribution is -2.07. The van der Waals surface area contributed by atoms with Crippen LogP contribution in [0.4, 0.5) is 0 Å². The van der Waals surface area contributed by atoms with Crippen molar-refractivity contribution in [1.82, 2.24) is 0 Å². The van der Waals surface area contributed by atoms with Crippen molar-refractivity contribution in [2.75, 3.05) is 6.61 Å². The Morgan fingerprint density at radius 2 is 1.59 bits per heavy atom. The zero-order valence-corrected chi connectivity index (χ0v) is 10.2. The Balaban J connectivity index is 0.000000136. The number of para-hydroxylation sites is 1. The molecule has 0 bridgehead atoms. The third-order valence-corrected chi connectivity index (χ3v) is 2.76. The molecule has 1 aliphatic heterocycles. The fourth-order valence-corrected chi connectivity index (χ4v) is 1.83. The summed E-state index contributed by atoms with van der Waals surface area (Å²) in [6.07, 6.45) is 2.34. The molecule has 2 aromatic rings. The fraction of sp³-hybridized carbons (Fsp3) is 0.250. The molecule has 0 N–H and O–H groups in total. The van der Waals surface area contributed by atoms with E-state index >= 15 is 0 Å². The number of ether oxygens (including phenoxy) is 1. The van der Waals surface area contributed by atoms with Crippen molar-refractivity contribution >= 4 is 0 Å². The van der Waals surface area contributed by atoms with Crippen LogP contribution in [-0.2, 0) is 6.42 Å². The van der Waals surface area contributed by atoms with Crippen molar-refractivity contribution < 1.29 is 4.74 Å². The molecule has 2 aromatic carbocycles. The predicted octanol–water partition coefficient (Wildman–Crippen LogP) is 4.01. The van der Waals surface area contributed by atoms with Crippen LogP contribution in [0.3, 0.4) is 0 Å². The second-order valence-electron chi connectivity index (χ2n) is 4.21. The van der Waals surface area contributed by atoms with E-state index in [1.165, 1.54) is 17.5 Å². The maximum absolute atomic E-state index is 5.42. The first kappa shape index (κ1) is 11.7. The standard InChI is InChI=1S/C9H10O.C7H8/c1-2-6-9-8(4-1)5-3-7-10-9;1-7-5-3-2-4-6-7/h1-2,4,6H,3,5,7H2;2-6H,1H3. The van der Waals surface area contributed by atoms with Crippen molar-refractivity contribution in [3.8, 4) is 5.75 Å². The summed E-state index contributed by atoms with van der Waals surface area (Å²) in [6.45, 7) is 2.97. The number of benzene rings is 2. The van der Waals surface area contributed by atoms with E-state index in [1.54, 1.807) is 0 Å². The molecule has 0 saturated carbocycles. The molecule has 0 spiro atoms. The van der Waals surface area contributed by atoms with E-state index in [9.17, 15) is 0 Å². The molecule has 88 valence electrons. The van der Waals surface area contributed by atoms with E-state index in [4.69, 9.17) is 4.74 Å². The third-order valence-electron chi connectivity index (χ3n) is 2.76. The number of fused-ring (bicyclic) bond motifs is 1. The van der Waals surface area contributed by atoms with Crippen LogP contribution in [0.1, 0.15) is 17.5 Å². The Morgan fingerprint density at radius 3 is 2.24 bits per heavy atom. The fourth-order valence-electron chi connectivity index (χ4n) is 1.83. The summed E-state index contributed by atoms with van der Waals surface area (Å²) in [5, 5.41) is 0. The van der Waals surface area contributed by atoms with Gasteiger partial charge in [0, 0.05) is 0 Å². The molecule has 3 rings (SSSR count). The molecule has 0 atom stereocenters. The van der Waals surface area contributed by atoms with Crippen LogP contribution in [-0.4, -0.2) is 6.61 Å². The summed E-state index contributed by atoms with van der Waals surface area (Å²) in [5.74, 6) is 1.08. The lowest BCUT2D eigenvalue weighted by atomic mass is 10.1. The van der Waals surface area contributed by atoms with Gasteiger partial charge in [-0.15, -0.1) is 0 Å². The second-order valence-corrected chi connectivity index (χ2v) is 4.21. The Bertz CT molecular complexity index is 423. The van der Waals surface area contributed by atoms with Gasteiger partial charge in [0.2, 0.25) is 0 Å². The minimum atomic E-state index is 0.886. The summed E-state index contributed by atoms with van der Waals surface area (Å²) in [4.78, 5) is 0. The van der Waals surface area contributed by atoms with Crippen LogP contribution in [0.15, 0.2) is 54.6 Å². The molecule has 0 saturated heterocycles. The van der Waals surface area contributed by atoms with Crippen molar-refractivity contribution in [2.24, 2.45) is 0 Å². The first-order valence-corrected chi connectivity index (χ1v) is 6.08. The molecule has 0 amide bonds. The van der Waals surface area contributed by atoms with Crippen molar-refractivity contribution in [2.45, 2.75) is 19.8 Å². The highest BCUT2D eigenvalue weighted by Crippen LogP contribution is 2.23. The number of aryl methyl sites for hydroxylation is 2. The molecule has 1 heterocycles. The molecule has 0 aromatic heterocycles. The van der Waals surface area contributed by atoms with Gasteiger partial charge < -0.3 is 4.74 Å². The van der Waals surface area contributed by atoms with E-state index in [2.05, 4.69) is 31.2 Å². The van der Waals surface area contributed by atoms with Crippen LogP contribution in [0.5, 0.6) is 5.75 Å². The van der Waals surface area contributed by atoms with E-state index in [-0.39, 0.29) is 0 Å². The summed E-state index contributed by atoms with van der Waals surface area (Å²) in [6, 6.07) is 18.5. The first-order valence-electron chi connectivity index (χ1n) is 6.08. The summed E-state index contributed by atoms with van der Waals surface area (Å²) in [7, 11) is 0. The van der Waals surface area contributed by atoms with Gasteiger partial charge in [0.1, 0.15) is 5.75 Å². The SMILES string of the molecule is Cc1ccccc1.c1ccc2c(c1)CCCO2. The zero-order valence-electron chi connectivity index (χ0n) is 10.2. The predicted molar refractivity (Wildman–Crippen MR) is 71.4 cm³/mol. The number of hydrogen-bond donors (Lipinski definition) is 0. The Labute approximate surface area is 103 Å². The van der Waals surface area contributed by atoms with E-state index in [0.717, 1.165) is 18.8 Å². The molecular weight excluding hydrogens is 208 g/mol. The highest BCUT2D eigenvalue weighted by Gasteiger charge is 2.06. The first-order chi connectivity index (χ1) is 8.36. The van der Waals surface area contributed by atoms with Crippen LogP contribution in [0.2, 0.25) is 0 Å². The van der Waals surface area contributed by atoms with Gasteiger partial charge in [-0.3, -0.25) is 0 Å². The van der Waals surface area contributed by atoms with Gasteiger partial charge >= 0.3 is 0 Å². The smallest absolute Gasteiger partial charge is 0.122 e. The van der Waals surface area contributed by atoms with Crippen molar-refractivity contribution in [3.05, 3.63) is 65.7 Å². The molecule has 0 unspecified atom stereocenters. The van der Waals surface area contributed by atoms with Gasteiger partial charge in [0.25, 0.3) is 0 Å². The molecule has 17 heavy (non-hydrogen) atoms. The van der Waals surface area contributed by atoms with Crippen molar-refractivity contribution in [1.29, 1.82) is 0 Å². The van der Waals surface area contributed by atoms with Crippen LogP contribution in [0.25, 0.3) is 0 Å². The molecule has 0 fully saturated rings. The largest absolute Gasteiger partial charge is 0.493 e. The number of rotatable bonds is 0. The molecule has 1 heteroatoms. The lowest BCUT2D eigenvalue weighted by molar-refractivity contribution is 0.288. The topological polar surface area (TPSA) is 9.23 Å². The van der Waals surface area contributed by atoms with E-state index in [1.807, 2.05) is 30.3 Å². The van der Waals surface area contributed by atoms with Crippen LogP contribution < -0.4 is 4.74 Å². The average molecular weight is 226 g/mol. The lowest BCUT2D eigenvalue weighted by Gasteiger charge is -2.15. The normalized spacial score (nSPS) is 12.8. The van der Waals surface area contributed by atoms with Crippen molar-refractivity contribution in [3.63, 3.8) is 0 Å². The van der Waals surface area contributed by atoms with Crippen LogP contribution >= 0.6 is 0 Å². The Morgan fingerprint density at radius 1 is 0.882 bits per heavy atom. The maximum Gasteiger partial charge on any atom is 0.122 e. The monoisotopic (exact) mass is 226 g/mol. The second kappa shape index (κ2) is 6.09. The highest BCUT2D eigenvalue weighted by molar-refractivity contribution is 5.34. The number of hydrogen-bond acceptors (Lipinski definition) is 1. The van der Waals surface area contributed by atoms with Gasteiger partial charge in [0.05, 0.1) is 6.61 Å². The zero-order chi connectivity index (χ0) is 11.9. The Kier molecular flexibility index (Phi) is 4.20. The highest BCUT2D eigenvalue weighted by atomic mass is 16.5. The van der Waals surface area contributed by atoms with Gasteiger partial charge in [-0.05, 0) is 31.4 Å². The van der Waals surface area contributed by atoms with Gasteiger partial charge in [-0.1, -0.05) is 54.1 Å². The average Bonchev–Trinajstić information content (AvgIpc) is 2.41. The van der Waals surface area contributed by atoms with E-state index < -0.39 is 0 Å².